The van der Waals surface area contributed by atoms with E-state index in [1.165, 1.54) is 0 Å². The fraction of sp³-hybridized carbons (Fsp3) is 0.263. The molecule has 2 heterocycles. The minimum Gasteiger partial charge on any atom is -0.390 e. The molecule has 0 saturated carbocycles. The molecule has 1 saturated heterocycles. The molecule has 4 rings (SSSR count). The highest BCUT2D eigenvalue weighted by molar-refractivity contribution is 6.04. The first-order chi connectivity index (χ1) is 11.2. The molecule has 0 bridgehead atoms. The van der Waals surface area contributed by atoms with Crippen LogP contribution >= 0.6 is 0 Å². The molecule has 2 aromatic rings. The molecule has 4 heteroatoms. The van der Waals surface area contributed by atoms with E-state index in [0.29, 0.717) is 13.1 Å². The van der Waals surface area contributed by atoms with Gasteiger partial charge < -0.3 is 9.74 Å². The molecular weight excluding hydrogens is 288 g/mol. The van der Waals surface area contributed by atoms with Gasteiger partial charge in [0.25, 0.3) is 5.91 Å². The molecule has 2 aliphatic heterocycles. The standard InChI is InChI=1S/C19H18N2O2/c1-13-6-5-9-15(10-13)19(22)21-11-16-17(12-21)23-20-18(16)14-7-3-2-4-8-14/h2-10,16-17H,11-12H2,1H3. The van der Waals surface area contributed by atoms with Crippen molar-refractivity contribution in [1.29, 1.82) is 0 Å². The lowest BCUT2D eigenvalue weighted by Crippen LogP contribution is -2.30. The molecule has 116 valence electrons. The number of aryl methyl sites for hydroxylation is 1. The van der Waals surface area contributed by atoms with E-state index in [0.717, 1.165) is 22.4 Å². The van der Waals surface area contributed by atoms with Crippen LogP contribution in [0.3, 0.4) is 0 Å². The number of fused-ring (bicyclic) bond motifs is 1. The van der Waals surface area contributed by atoms with E-state index < -0.39 is 0 Å². The lowest BCUT2D eigenvalue weighted by Gasteiger charge is -2.17. The molecular formula is C19H18N2O2. The Labute approximate surface area is 135 Å². The Morgan fingerprint density at radius 3 is 2.74 bits per heavy atom. The van der Waals surface area contributed by atoms with Crippen molar-refractivity contribution in [2.75, 3.05) is 13.1 Å². The maximum Gasteiger partial charge on any atom is 0.254 e. The maximum atomic E-state index is 12.7. The van der Waals surface area contributed by atoms with Crippen LogP contribution in [0, 0.1) is 12.8 Å². The second kappa shape index (κ2) is 5.54. The van der Waals surface area contributed by atoms with E-state index >= 15 is 0 Å². The summed E-state index contributed by atoms with van der Waals surface area (Å²) in [6.45, 7) is 3.25. The normalized spacial score (nSPS) is 22.5. The summed E-state index contributed by atoms with van der Waals surface area (Å²) in [4.78, 5) is 20.2. The van der Waals surface area contributed by atoms with Crippen LogP contribution in [0.15, 0.2) is 59.8 Å². The monoisotopic (exact) mass is 306 g/mol. The van der Waals surface area contributed by atoms with Gasteiger partial charge in [0.05, 0.1) is 18.2 Å². The number of amides is 1. The summed E-state index contributed by atoms with van der Waals surface area (Å²) in [5.41, 5.74) is 3.86. The number of carbonyl (C=O) groups excluding carboxylic acids is 1. The molecule has 4 nitrogen and oxygen atoms in total. The zero-order valence-corrected chi connectivity index (χ0v) is 13.0. The molecule has 1 amide bonds. The van der Waals surface area contributed by atoms with Gasteiger partial charge in [-0.25, -0.2) is 0 Å². The number of benzene rings is 2. The van der Waals surface area contributed by atoms with E-state index in [1.54, 1.807) is 0 Å². The number of nitrogens with zero attached hydrogens (tertiary/aromatic N) is 2. The molecule has 1 fully saturated rings. The average Bonchev–Trinajstić information content (AvgIpc) is 3.15. The van der Waals surface area contributed by atoms with Crippen molar-refractivity contribution in [2.24, 2.45) is 11.1 Å². The highest BCUT2D eigenvalue weighted by Gasteiger charge is 2.44. The summed E-state index contributed by atoms with van der Waals surface area (Å²) in [5.74, 6) is 0.227. The van der Waals surface area contributed by atoms with Crippen molar-refractivity contribution in [3.05, 3.63) is 71.3 Å². The number of hydrogen-bond donors (Lipinski definition) is 0. The van der Waals surface area contributed by atoms with Gasteiger partial charge in [0.2, 0.25) is 0 Å². The molecule has 0 aliphatic carbocycles. The maximum absolute atomic E-state index is 12.7. The molecule has 23 heavy (non-hydrogen) atoms. The fourth-order valence-electron chi connectivity index (χ4n) is 3.34. The van der Waals surface area contributed by atoms with Gasteiger partial charge >= 0.3 is 0 Å². The zero-order valence-electron chi connectivity index (χ0n) is 13.0. The number of likely N-dealkylation sites (tertiary alicyclic amines) is 1. The summed E-state index contributed by atoms with van der Waals surface area (Å²) >= 11 is 0. The number of rotatable bonds is 2. The average molecular weight is 306 g/mol. The Kier molecular flexibility index (Phi) is 3.37. The first-order valence-corrected chi connectivity index (χ1v) is 7.87. The summed E-state index contributed by atoms with van der Waals surface area (Å²) in [6, 6.07) is 17.8. The van der Waals surface area contributed by atoms with Gasteiger partial charge in [-0.05, 0) is 24.6 Å². The van der Waals surface area contributed by atoms with Gasteiger partial charge in [-0.2, -0.15) is 0 Å². The van der Waals surface area contributed by atoms with Crippen molar-refractivity contribution in [3.63, 3.8) is 0 Å². The number of hydrogen-bond acceptors (Lipinski definition) is 3. The molecule has 2 unspecified atom stereocenters. The predicted molar refractivity (Wildman–Crippen MR) is 88.4 cm³/mol. The van der Waals surface area contributed by atoms with Crippen LogP contribution in [0.5, 0.6) is 0 Å². The van der Waals surface area contributed by atoms with Crippen molar-refractivity contribution < 1.29 is 9.63 Å². The van der Waals surface area contributed by atoms with Crippen LogP contribution in [0.25, 0.3) is 0 Å². The summed E-state index contributed by atoms with van der Waals surface area (Å²) in [6.07, 6.45) is -0.0287. The van der Waals surface area contributed by atoms with Crippen molar-refractivity contribution in [2.45, 2.75) is 13.0 Å². The van der Waals surface area contributed by atoms with Gasteiger partial charge in [-0.3, -0.25) is 4.79 Å². The Bertz CT molecular complexity index is 770. The van der Waals surface area contributed by atoms with Gasteiger partial charge in [-0.15, -0.1) is 0 Å². The zero-order chi connectivity index (χ0) is 15.8. The van der Waals surface area contributed by atoms with Gasteiger partial charge in [0.15, 0.2) is 6.10 Å². The molecule has 0 aromatic heterocycles. The second-order valence-corrected chi connectivity index (χ2v) is 6.17. The van der Waals surface area contributed by atoms with E-state index in [9.17, 15) is 4.79 Å². The van der Waals surface area contributed by atoms with Gasteiger partial charge in [0.1, 0.15) is 0 Å². The van der Waals surface area contributed by atoms with E-state index in [2.05, 4.69) is 5.16 Å². The second-order valence-electron chi connectivity index (χ2n) is 6.17. The van der Waals surface area contributed by atoms with Crippen LogP contribution < -0.4 is 0 Å². The van der Waals surface area contributed by atoms with Crippen molar-refractivity contribution in [3.8, 4) is 0 Å². The quantitative estimate of drug-likeness (QED) is 0.856. The fourth-order valence-corrected chi connectivity index (χ4v) is 3.34. The van der Waals surface area contributed by atoms with Crippen molar-refractivity contribution >= 4 is 11.6 Å². The molecule has 2 aliphatic rings. The molecule has 0 radical (unpaired) electrons. The Morgan fingerprint density at radius 1 is 1.13 bits per heavy atom. The van der Waals surface area contributed by atoms with E-state index in [1.807, 2.05) is 66.4 Å². The van der Waals surface area contributed by atoms with Gasteiger partial charge in [-0.1, -0.05) is 53.2 Å². The molecule has 0 N–H and O–H groups in total. The topological polar surface area (TPSA) is 41.9 Å². The third-order valence-electron chi connectivity index (χ3n) is 4.53. The number of oxime groups is 1. The lowest BCUT2D eigenvalue weighted by atomic mass is 9.95. The van der Waals surface area contributed by atoms with E-state index in [-0.39, 0.29) is 17.9 Å². The third kappa shape index (κ3) is 2.50. The largest absolute Gasteiger partial charge is 0.390 e. The van der Waals surface area contributed by atoms with Crippen LogP contribution in [-0.2, 0) is 4.84 Å². The number of carbonyl (C=O) groups is 1. The minimum atomic E-state index is -0.0287. The van der Waals surface area contributed by atoms with Gasteiger partial charge in [0, 0.05) is 12.1 Å². The summed E-state index contributed by atoms with van der Waals surface area (Å²) in [7, 11) is 0. The molecule has 0 spiro atoms. The SMILES string of the molecule is Cc1cccc(C(=O)N2CC3ON=C(c4ccccc4)C3C2)c1. The third-order valence-corrected chi connectivity index (χ3v) is 4.53. The van der Waals surface area contributed by atoms with Crippen LogP contribution in [0.1, 0.15) is 21.5 Å². The first-order valence-electron chi connectivity index (χ1n) is 7.87. The summed E-state index contributed by atoms with van der Waals surface area (Å²) in [5, 5.41) is 4.25. The minimum absolute atomic E-state index is 0.0287. The first kappa shape index (κ1) is 14.0. The Morgan fingerprint density at radius 2 is 1.96 bits per heavy atom. The Hall–Kier alpha value is -2.62. The lowest BCUT2D eigenvalue weighted by molar-refractivity contribution is 0.0631. The highest BCUT2D eigenvalue weighted by atomic mass is 16.6. The summed E-state index contributed by atoms with van der Waals surface area (Å²) < 4.78 is 0. The highest BCUT2D eigenvalue weighted by Crippen LogP contribution is 2.30. The van der Waals surface area contributed by atoms with Crippen molar-refractivity contribution in [1.82, 2.24) is 4.90 Å². The molecule has 2 atom stereocenters. The van der Waals surface area contributed by atoms with Crippen LogP contribution in [-0.4, -0.2) is 35.7 Å². The van der Waals surface area contributed by atoms with E-state index in [4.69, 9.17) is 4.84 Å². The smallest absolute Gasteiger partial charge is 0.254 e. The van der Waals surface area contributed by atoms with Crippen LogP contribution in [0.4, 0.5) is 0 Å². The molecule has 2 aromatic carbocycles. The van der Waals surface area contributed by atoms with Crippen LogP contribution in [0.2, 0.25) is 0 Å². The predicted octanol–water partition coefficient (Wildman–Crippen LogP) is 2.87. The Balaban J connectivity index is 1.54.